The maximum absolute atomic E-state index is 11.4. The first-order valence-corrected chi connectivity index (χ1v) is 9.18. The lowest BCUT2D eigenvalue weighted by molar-refractivity contribution is 0.0816. The summed E-state index contributed by atoms with van der Waals surface area (Å²) in [6, 6.07) is 2.16. The van der Waals surface area contributed by atoms with Gasteiger partial charge < -0.3 is 10.5 Å². The van der Waals surface area contributed by atoms with Crippen molar-refractivity contribution in [3.05, 3.63) is 26.9 Å². The van der Waals surface area contributed by atoms with Crippen LogP contribution < -0.4 is 17.0 Å². The van der Waals surface area contributed by atoms with E-state index in [1.54, 1.807) is 0 Å². The summed E-state index contributed by atoms with van der Waals surface area (Å²) < 4.78 is 6.32. The van der Waals surface area contributed by atoms with E-state index in [4.69, 9.17) is 10.5 Å². The number of nitrogens with zero attached hydrogens (tertiary/aromatic N) is 1. The predicted molar refractivity (Wildman–Crippen MR) is 69.8 cm³/mol. The first-order valence-electron chi connectivity index (χ1n) is 5.47. The largest absolute Gasteiger partial charge is 0.385 e. The number of anilines is 1. The molecule has 1 aromatic heterocycles. The molecule has 0 fully saturated rings. The molecule has 0 aliphatic heterocycles. The Labute approximate surface area is 100 Å². The molecule has 96 valence electrons. The lowest BCUT2D eigenvalue weighted by Gasteiger charge is -2.15. The van der Waals surface area contributed by atoms with Crippen LogP contribution in [-0.4, -0.2) is 24.2 Å². The number of aromatic amines is 1. The second-order valence-corrected chi connectivity index (χ2v) is 10.8. The minimum atomic E-state index is -1.15. The molecule has 7 heteroatoms. The van der Waals surface area contributed by atoms with Crippen molar-refractivity contribution in [1.82, 2.24) is 9.55 Å². The van der Waals surface area contributed by atoms with Crippen molar-refractivity contribution in [1.29, 1.82) is 0 Å². The summed E-state index contributed by atoms with van der Waals surface area (Å²) in [5.41, 5.74) is 4.35. The number of aromatic nitrogens is 2. The molecule has 0 saturated carbocycles. The van der Waals surface area contributed by atoms with Gasteiger partial charge in [0, 0.05) is 20.7 Å². The molecular weight excluding hydrogens is 238 g/mol. The van der Waals surface area contributed by atoms with E-state index in [0.717, 1.165) is 10.6 Å². The van der Waals surface area contributed by atoms with Gasteiger partial charge in [0.2, 0.25) is 0 Å². The fourth-order valence-electron chi connectivity index (χ4n) is 1.19. The first-order chi connectivity index (χ1) is 7.79. The van der Waals surface area contributed by atoms with Gasteiger partial charge in [-0.2, -0.15) is 0 Å². The van der Waals surface area contributed by atoms with E-state index >= 15 is 0 Å². The van der Waals surface area contributed by atoms with E-state index in [-0.39, 0.29) is 12.5 Å². The minimum Gasteiger partial charge on any atom is -0.385 e. The lowest BCUT2D eigenvalue weighted by atomic mass is 10.6. The van der Waals surface area contributed by atoms with Crippen LogP contribution in [0.3, 0.4) is 0 Å². The summed E-state index contributed by atoms with van der Waals surface area (Å²) in [4.78, 5) is 25.2. The molecule has 1 aromatic rings. The van der Waals surface area contributed by atoms with Gasteiger partial charge in [-0.1, -0.05) is 19.6 Å². The molecule has 0 radical (unpaired) electrons. The molecule has 0 aromatic carbocycles. The highest BCUT2D eigenvalue weighted by Crippen LogP contribution is 2.07. The van der Waals surface area contributed by atoms with Gasteiger partial charge in [-0.25, -0.2) is 9.36 Å². The Bertz CT molecular complexity index is 456. The predicted octanol–water partition coefficient (Wildman–Crippen LogP) is 0.431. The average Bonchev–Trinajstić information content (AvgIpc) is 2.13. The molecule has 6 nitrogen and oxygen atoms in total. The van der Waals surface area contributed by atoms with Crippen LogP contribution in [0.5, 0.6) is 0 Å². The molecule has 0 unspecified atom stereocenters. The average molecular weight is 257 g/mol. The highest BCUT2D eigenvalue weighted by atomic mass is 28.3. The van der Waals surface area contributed by atoms with Gasteiger partial charge in [0.25, 0.3) is 5.56 Å². The lowest BCUT2D eigenvalue weighted by Crippen LogP contribution is -2.36. The Morgan fingerprint density at radius 3 is 2.59 bits per heavy atom. The van der Waals surface area contributed by atoms with Crippen LogP contribution in [0.15, 0.2) is 15.7 Å². The Kier molecular flexibility index (Phi) is 4.30. The van der Waals surface area contributed by atoms with Crippen molar-refractivity contribution in [2.24, 2.45) is 0 Å². The van der Waals surface area contributed by atoms with E-state index in [2.05, 4.69) is 24.6 Å². The zero-order valence-corrected chi connectivity index (χ0v) is 11.4. The van der Waals surface area contributed by atoms with Crippen LogP contribution in [0.1, 0.15) is 0 Å². The molecule has 0 bridgehead atoms. The molecule has 0 amide bonds. The van der Waals surface area contributed by atoms with Crippen LogP contribution in [0, 0.1) is 0 Å². The third-order valence-corrected chi connectivity index (χ3v) is 3.96. The van der Waals surface area contributed by atoms with Gasteiger partial charge >= 0.3 is 5.69 Å². The van der Waals surface area contributed by atoms with E-state index in [0.29, 0.717) is 6.61 Å². The normalized spacial score (nSPS) is 11.7. The second kappa shape index (κ2) is 5.33. The first kappa shape index (κ1) is 13.7. The Morgan fingerprint density at radius 2 is 2.06 bits per heavy atom. The van der Waals surface area contributed by atoms with Gasteiger partial charge in [0.05, 0.1) is 0 Å². The van der Waals surface area contributed by atoms with Crippen molar-refractivity contribution < 1.29 is 4.74 Å². The number of hydrogen-bond acceptors (Lipinski definition) is 4. The Hall–Kier alpha value is -1.34. The van der Waals surface area contributed by atoms with Crippen LogP contribution in [-0.2, 0) is 11.5 Å². The molecule has 0 aliphatic rings. The Morgan fingerprint density at radius 1 is 1.41 bits per heavy atom. The molecule has 17 heavy (non-hydrogen) atoms. The number of H-pyrrole nitrogens is 1. The van der Waals surface area contributed by atoms with Gasteiger partial charge in [-0.15, -0.1) is 0 Å². The van der Waals surface area contributed by atoms with E-state index in [1.807, 2.05) is 0 Å². The number of hydrogen-bond donors (Lipinski definition) is 2. The van der Waals surface area contributed by atoms with Crippen LogP contribution in [0.25, 0.3) is 0 Å². The van der Waals surface area contributed by atoms with Crippen molar-refractivity contribution in [2.75, 3.05) is 12.3 Å². The summed E-state index contributed by atoms with van der Waals surface area (Å²) >= 11 is 0. The van der Waals surface area contributed by atoms with Crippen molar-refractivity contribution in [3.63, 3.8) is 0 Å². The number of nitrogens with one attached hydrogen (secondary N) is 1. The third kappa shape index (κ3) is 4.57. The zero-order chi connectivity index (χ0) is 13.1. The SMILES string of the molecule is C[Si](C)(C)CCOCn1c(=O)cc(N)[nH]c1=O. The zero-order valence-electron chi connectivity index (χ0n) is 10.4. The smallest absolute Gasteiger partial charge is 0.331 e. The van der Waals surface area contributed by atoms with Gasteiger partial charge in [-0.05, 0) is 6.04 Å². The van der Waals surface area contributed by atoms with Crippen LogP contribution in [0.2, 0.25) is 25.7 Å². The molecule has 0 aliphatic carbocycles. The van der Waals surface area contributed by atoms with Crippen molar-refractivity contribution >= 4 is 13.9 Å². The van der Waals surface area contributed by atoms with E-state index in [9.17, 15) is 9.59 Å². The highest BCUT2D eigenvalue weighted by Gasteiger charge is 2.12. The van der Waals surface area contributed by atoms with E-state index in [1.165, 1.54) is 6.07 Å². The molecule has 1 rings (SSSR count). The fraction of sp³-hybridized carbons (Fsp3) is 0.600. The number of rotatable bonds is 5. The van der Waals surface area contributed by atoms with Gasteiger partial charge in [0.15, 0.2) is 0 Å². The highest BCUT2D eigenvalue weighted by molar-refractivity contribution is 6.76. The second-order valence-electron chi connectivity index (χ2n) is 5.14. The molecule has 0 saturated heterocycles. The Balaban J connectivity index is 2.59. The maximum atomic E-state index is 11.4. The topological polar surface area (TPSA) is 90.1 Å². The molecular formula is C10H19N3O3Si. The molecule has 3 N–H and O–H groups in total. The maximum Gasteiger partial charge on any atom is 0.331 e. The van der Waals surface area contributed by atoms with Crippen molar-refractivity contribution in [3.8, 4) is 0 Å². The summed E-state index contributed by atoms with van der Waals surface area (Å²) in [7, 11) is -1.15. The van der Waals surface area contributed by atoms with Gasteiger partial charge in [0.1, 0.15) is 12.5 Å². The van der Waals surface area contributed by atoms with Crippen LogP contribution in [0.4, 0.5) is 5.82 Å². The molecule has 1 heterocycles. The summed E-state index contributed by atoms with van der Waals surface area (Å²) in [5.74, 6) is 0.0679. The summed E-state index contributed by atoms with van der Waals surface area (Å²) in [6.07, 6.45) is 0. The summed E-state index contributed by atoms with van der Waals surface area (Å²) in [6.45, 7) is 7.24. The quantitative estimate of drug-likeness (QED) is 0.591. The standard InChI is InChI=1S/C10H19N3O3Si/c1-17(2,3)5-4-16-7-13-9(14)6-8(11)12-10(13)15/h6H,4-5,7,11H2,1-3H3,(H,12,15). The summed E-state index contributed by atoms with van der Waals surface area (Å²) in [5, 5.41) is 0. The van der Waals surface area contributed by atoms with Gasteiger partial charge in [-0.3, -0.25) is 9.78 Å². The molecule has 0 atom stereocenters. The monoisotopic (exact) mass is 257 g/mol. The fourth-order valence-corrected chi connectivity index (χ4v) is 1.95. The number of nitrogens with two attached hydrogens (primary N) is 1. The van der Waals surface area contributed by atoms with E-state index < -0.39 is 19.3 Å². The number of nitrogen functional groups attached to an aromatic ring is 1. The molecule has 0 spiro atoms. The minimum absolute atomic E-state index is 0.0288. The van der Waals surface area contributed by atoms with Crippen LogP contribution >= 0.6 is 0 Å². The third-order valence-electron chi connectivity index (χ3n) is 2.26. The van der Waals surface area contributed by atoms with Crippen molar-refractivity contribution in [2.45, 2.75) is 32.4 Å². The number of ether oxygens (including phenoxy) is 1.